The lowest BCUT2D eigenvalue weighted by atomic mass is 10.1. The van der Waals surface area contributed by atoms with Crippen LogP contribution in [0.1, 0.15) is 30.8 Å². The second kappa shape index (κ2) is 8.68. The van der Waals surface area contributed by atoms with Crippen LogP contribution in [0.25, 0.3) is 11.4 Å². The number of aromatic nitrogens is 2. The molecule has 0 aliphatic heterocycles. The molecule has 0 fully saturated rings. The predicted molar refractivity (Wildman–Crippen MR) is 102 cm³/mol. The molecule has 142 valence electrons. The number of carbonyl (C=O) groups is 1. The maximum Gasteiger partial charge on any atom is 0.227 e. The Morgan fingerprint density at radius 1 is 1.30 bits per heavy atom. The van der Waals surface area contributed by atoms with Crippen LogP contribution in [-0.4, -0.2) is 30.3 Å². The molecule has 1 atom stereocenters. The number of rotatable bonds is 8. The van der Waals surface area contributed by atoms with Gasteiger partial charge in [-0.15, -0.1) is 0 Å². The fourth-order valence-corrected chi connectivity index (χ4v) is 3.29. The van der Waals surface area contributed by atoms with Crippen LogP contribution in [-0.2, 0) is 11.2 Å². The molecule has 7 nitrogen and oxygen atoms in total. The summed E-state index contributed by atoms with van der Waals surface area (Å²) in [5.41, 5.74) is 1.76. The van der Waals surface area contributed by atoms with E-state index in [1.807, 2.05) is 41.9 Å². The summed E-state index contributed by atoms with van der Waals surface area (Å²) in [6.07, 6.45) is 0.632. The summed E-state index contributed by atoms with van der Waals surface area (Å²) in [6.45, 7) is 1.90. The average Bonchev–Trinajstić information content (AvgIpc) is 3.37. The number of carbonyl (C=O) groups excluding carboxylic acids is 1. The van der Waals surface area contributed by atoms with E-state index in [4.69, 9.17) is 14.0 Å². The lowest BCUT2D eigenvalue weighted by Crippen LogP contribution is -2.27. The van der Waals surface area contributed by atoms with Crippen molar-refractivity contribution < 1.29 is 18.8 Å². The molecule has 3 rings (SSSR count). The summed E-state index contributed by atoms with van der Waals surface area (Å²) in [6, 6.07) is 7.19. The van der Waals surface area contributed by atoms with Crippen LogP contribution in [0.15, 0.2) is 39.5 Å². The smallest absolute Gasteiger partial charge is 0.227 e. The van der Waals surface area contributed by atoms with E-state index in [0.29, 0.717) is 29.6 Å². The Hall–Kier alpha value is -2.87. The lowest BCUT2D eigenvalue weighted by Gasteiger charge is -2.18. The van der Waals surface area contributed by atoms with Gasteiger partial charge in [0.1, 0.15) is 11.5 Å². The van der Waals surface area contributed by atoms with Crippen molar-refractivity contribution in [1.29, 1.82) is 0 Å². The Labute approximate surface area is 161 Å². The van der Waals surface area contributed by atoms with Crippen molar-refractivity contribution in [3.8, 4) is 22.9 Å². The molecule has 2 heterocycles. The Morgan fingerprint density at radius 2 is 2.15 bits per heavy atom. The molecular weight excluding hydrogens is 366 g/mol. The third-order valence-electron chi connectivity index (χ3n) is 4.09. The molecule has 1 N–H and O–H groups in total. The summed E-state index contributed by atoms with van der Waals surface area (Å²) in [4.78, 5) is 16.6. The van der Waals surface area contributed by atoms with Gasteiger partial charge in [0.2, 0.25) is 17.6 Å². The van der Waals surface area contributed by atoms with Gasteiger partial charge in [-0.1, -0.05) is 5.16 Å². The highest BCUT2D eigenvalue weighted by molar-refractivity contribution is 7.08. The molecule has 3 aromatic rings. The van der Waals surface area contributed by atoms with Gasteiger partial charge in [-0.05, 0) is 36.6 Å². The monoisotopic (exact) mass is 387 g/mol. The van der Waals surface area contributed by atoms with E-state index in [9.17, 15) is 4.79 Å². The van der Waals surface area contributed by atoms with Crippen molar-refractivity contribution in [3.63, 3.8) is 0 Å². The molecule has 0 bridgehead atoms. The van der Waals surface area contributed by atoms with Gasteiger partial charge < -0.3 is 19.3 Å². The first-order chi connectivity index (χ1) is 13.1. The third-order valence-corrected chi connectivity index (χ3v) is 4.78. The summed E-state index contributed by atoms with van der Waals surface area (Å²) in [5, 5.41) is 10.8. The highest BCUT2D eigenvalue weighted by Crippen LogP contribution is 2.29. The molecule has 0 saturated carbocycles. The van der Waals surface area contributed by atoms with Gasteiger partial charge in [-0.2, -0.15) is 16.3 Å². The van der Waals surface area contributed by atoms with Crippen molar-refractivity contribution >= 4 is 17.2 Å². The molecule has 2 aromatic heterocycles. The van der Waals surface area contributed by atoms with E-state index in [0.717, 1.165) is 11.1 Å². The van der Waals surface area contributed by atoms with E-state index >= 15 is 0 Å². The van der Waals surface area contributed by atoms with Crippen molar-refractivity contribution in [2.24, 2.45) is 0 Å². The highest BCUT2D eigenvalue weighted by Gasteiger charge is 2.16. The first kappa shape index (κ1) is 18.9. The van der Waals surface area contributed by atoms with Gasteiger partial charge in [-0.3, -0.25) is 4.79 Å². The zero-order valence-corrected chi connectivity index (χ0v) is 16.2. The molecular formula is C19H21N3O4S. The van der Waals surface area contributed by atoms with E-state index < -0.39 is 0 Å². The molecule has 8 heteroatoms. The topological polar surface area (TPSA) is 86.5 Å². The van der Waals surface area contributed by atoms with E-state index in [1.54, 1.807) is 25.6 Å². The maximum absolute atomic E-state index is 12.3. The van der Waals surface area contributed by atoms with Crippen LogP contribution in [0.2, 0.25) is 0 Å². The molecule has 1 aromatic carbocycles. The zero-order chi connectivity index (χ0) is 19.2. The quantitative estimate of drug-likeness (QED) is 0.635. The Bertz CT molecular complexity index is 892. The minimum absolute atomic E-state index is 0.109. The van der Waals surface area contributed by atoms with E-state index in [2.05, 4.69) is 15.5 Å². The van der Waals surface area contributed by atoms with Gasteiger partial charge in [0.05, 0.1) is 20.3 Å². The van der Waals surface area contributed by atoms with Crippen molar-refractivity contribution in [3.05, 3.63) is 46.5 Å². The summed E-state index contributed by atoms with van der Waals surface area (Å²) in [5.74, 6) is 2.28. The fraction of sp³-hybridized carbons (Fsp3) is 0.316. The third kappa shape index (κ3) is 4.65. The van der Waals surface area contributed by atoms with Crippen LogP contribution in [0.4, 0.5) is 0 Å². The van der Waals surface area contributed by atoms with E-state index in [1.165, 1.54) is 0 Å². The molecule has 0 radical (unpaired) electrons. The maximum atomic E-state index is 12.3. The van der Waals surface area contributed by atoms with Crippen LogP contribution >= 0.6 is 11.3 Å². The standard InChI is InChI=1S/C19H21N3O4S/c1-12(15-10-14(24-2)4-5-16(15)25-3)20-17(23)6-7-18-21-19(22-26-18)13-8-9-27-11-13/h4-5,8-12H,6-7H2,1-3H3,(H,20,23)/t12-/m0/s1. The SMILES string of the molecule is COc1ccc(OC)c([C@H](C)NC(=O)CCc2nc(-c3ccsc3)no2)c1. The van der Waals surface area contributed by atoms with Crippen LogP contribution < -0.4 is 14.8 Å². The highest BCUT2D eigenvalue weighted by atomic mass is 32.1. The molecule has 0 unspecified atom stereocenters. The van der Waals surface area contributed by atoms with Gasteiger partial charge >= 0.3 is 0 Å². The number of nitrogens with one attached hydrogen (secondary N) is 1. The number of ether oxygens (including phenoxy) is 2. The van der Waals surface area contributed by atoms with Gasteiger partial charge in [0.25, 0.3) is 0 Å². The summed E-state index contributed by atoms with van der Waals surface area (Å²) in [7, 11) is 3.20. The summed E-state index contributed by atoms with van der Waals surface area (Å²) < 4.78 is 15.9. The normalized spacial score (nSPS) is 11.8. The van der Waals surface area contributed by atoms with Gasteiger partial charge in [-0.25, -0.2) is 0 Å². The second-order valence-electron chi connectivity index (χ2n) is 5.92. The molecule has 0 spiro atoms. The first-order valence-corrected chi connectivity index (χ1v) is 9.41. The number of hydrogen-bond acceptors (Lipinski definition) is 7. The minimum atomic E-state index is -0.230. The van der Waals surface area contributed by atoms with Crippen molar-refractivity contribution in [2.45, 2.75) is 25.8 Å². The van der Waals surface area contributed by atoms with Crippen LogP contribution in [0.3, 0.4) is 0 Å². The zero-order valence-electron chi connectivity index (χ0n) is 15.4. The van der Waals surface area contributed by atoms with Crippen molar-refractivity contribution in [2.75, 3.05) is 14.2 Å². The number of hydrogen-bond donors (Lipinski definition) is 1. The fourth-order valence-electron chi connectivity index (χ4n) is 2.66. The summed E-state index contributed by atoms with van der Waals surface area (Å²) >= 11 is 1.57. The van der Waals surface area contributed by atoms with E-state index in [-0.39, 0.29) is 18.4 Å². The molecule has 27 heavy (non-hydrogen) atoms. The average molecular weight is 387 g/mol. The van der Waals surface area contributed by atoms with Crippen molar-refractivity contribution in [1.82, 2.24) is 15.5 Å². The second-order valence-corrected chi connectivity index (χ2v) is 6.70. The van der Waals surface area contributed by atoms with Gasteiger partial charge in [0.15, 0.2) is 0 Å². The number of thiophene rings is 1. The largest absolute Gasteiger partial charge is 0.497 e. The molecule has 0 aliphatic rings. The Morgan fingerprint density at radius 3 is 2.85 bits per heavy atom. The number of benzene rings is 1. The first-order valence-electron chi connectivity index (χ1n) is 8.47. The Balaban J connectivity index is 1.58. The van der Waals surface area contributed by atoms with Crippen LogP contribution in [0, 0.1) is 0 Å². The molecule has 1 amide bonds. The number of nitrogens with zero attached hydrogens (tertiary/aromatic N) is 2. The van der Waals surface area contributed by atoms with Crippen LogP contribution in [0.5, 0.6) is 11.5 Å². The molecule has 0 aliphatic carbocycles. The minimum Gasteiger partial charge on any atom is -0.497 e. The number of methoxy groups -OCH3 is 2. The Kier molecular flexibility index (Phi) is 6.08. The lowest BCUT2D eigenvalue weighted by molar-refractivity contribution is -0.121. The number of amides is 1. The molecule has 0 saturated heterocycles. The predicted octanol–water partition coefficient (Wildman–Crippen LogP) is 3.63. The number of aryl methyl sites for hydroxylation is 1. The van der Waals surface area contributed by atoms with Gasteiger partial charge in [0, 0.05) is 29.3 Å².